The molecule has 108 valence electrons. The molecular formula is C15H27N3O. The lowest BCUT2D eigenvalue weighted by Gasteiger charge is -2.33. The molecule has 4 heteroatoms. The van der Waals surface area contributed by atoms with Gasteiger partial charge in [0, 0.05) is 17.8 Å². The number of amides is 1. The summed E-state index contributed by atoms with van der Waals surface area (Å²) in [6.45, 7) is 14.3. The quantitative estimate of drug-likeness (QED) is 0.593. The normalized spacial score (nSPS) is 13.1. The van der Waals surface area contributed by atoms with Crippen LogP contribution in [0.2, 0.25) is 0 Å². The van der Waals surface area contributed by atoms with Crippen molar-refractivity contribution in [1.29, 1.82) is 5.26 Å². The Bertz CT molecular complexity index is 381. The molecule has 0 atom stereocenters. The third kappa shape index (κ3) is 8.25. The van der Waals surface area contributed by atoms with Crippen LogP contribution in [0.3, 0.4) is 0 Å². The smallest absolute Gasteiger partial charge is 0.263 e. The molecule has 0 aliphatic heterocycles. The van der Waals surface area contributed by atoms with Crippen molar-refractivity contribution in [2.75, 3.05) is 0 Å². The molecule has 0 aliphatic rings. The summed E-state index contributed by atoms with van der Waals surface area (Å²) in [5.41, 5.74) is 0.117. The number of nitrogens with one attached hydrogen (secondary N) is 2. The topological polar surface area (TPSA) is 64.9 Å². The summed E-state index contributed by atoms with van der Waals surface area (Å²) in [6.07, 6.45) is 2.45. The van der Waals surface area contributed by atoms with Gasteiger partial charge in [0.05, 0.1) is 0 Å². The van der Waals surface area contributed by atoms with Crippen molar-refractivity contribution in [3.63, 3.8) is 0 Å². The predicted molar refractivity (Wildman–Crippen MR) is 78.3 cm³/mol. The minimum absolute atomic E-state index is 0.0202. The van der Waals surface area contributed by atoms with Crippen LogP contribution in [0, 0.1) is 16.7 Å². The first-order chi connectivity index (χ1) is 8.47. The number of hydrogen-bond donors (Lipinski definition) is 2. The monoisotopic (exact) mass is 265 g/mol. The predicted octanol–water partition coefficient (Wildman–Crippen LogP) is 2.72. The standard InChI is InChI=1S/C15H27N3O/c1-11(2)18-13(19)12(8-16)9-17-15(6,7)10-14(3,4)5/h9,11,17H,10H2,1-7H3,(H,18,19)/b12-9-. The fourth-order valence-electron chi connectivity index (χ4n) is 2.13. The first-order valence-electron chi connectivity index (χ1n) is 6.66. The molecule has 0 bridgehead atoms. The average molecular weight is 265 g/mol. The number of carbonyl (C=O) groups excluding carboxylic acids is 1. The highest BCUT2D eigenvalue weighted by molar-refractivity contribution is 5.97. The van der Waals surface area contributed by atoms with Gasteiger partial charge in [-0.05, 0) is 39.5 Å². The van der Waals surface area contributed by atoms with E-state index in [4.69, 9.17) is 5.26 Å². The van der Waals surface area contributed by atoms with Gasteiger partial charge < -0.3 is 10.6 Å². The Kier molecular flexibility index (Phi) is 6.08. The van der Waals surface area contributed by atoms with Crippen LogP contribution in [0.5, 0.6) is 0 Å². The van der Waals surface area contributed by atoms with Gasteiger partial charge >= 0.3 is 0 Å². The van der Waals surface area contributed by atoms with E-state index in [0.29, 0.717) is 0 Å². The van der Waals surface area contributed by atoms with Crippen LogP contribution in [-0.2, 0) is 4.79 Å². The summed E-state index contributed by atoms with van der Waals surface area (Å²) in [7, 11) is 0. The zero-order valence-corrected chi connectivity index (χ0v) is 13.2. The van der Waals surface area contributed by atoms with Gasteiger partial charge in [0.2, 0.25) is 0 Å². The SMILES string of the molecule is CC(C)NC(=O)/C(C#N)=C\NC(C)(C)CC(C)(C)C. The summed E-state index contributed by atoms with van der Waals surface area (Å²) in [6, 6.07) is 1.95. The number of nitriles is 1. The van der Waals surface area contributed by atoms with E-state index in [1.807, 2.05) is 19.9 Å². The van der Waals surface area contributed by atoms with E-state index in [1.54, 1.807) is 0 Å². The van der Waals surface area contributed by atoms with Crippen molar-refractivity contribution in [3.8, 4) is 6.07 Å². The third-order valence-corrected chi connectivity index (χ3v) is 2.36. The lowest BCUT2D eigenvalue weighted by atomic mass is 9.82. The minimum atomic E-state index is -0.337. The van der Waals surface area contributed by atoms with Crippen molar-refractivity contribution in [3.05, 3.63) is 11.8 Å². The molecule has 0 spiro atoms. The lowest BCUT2D eigenvalue weighted by Crippen LogP contribution is -2.40. The van der Waals surface area contributed by atoms with Gasteiger partial charge in [0.25, 0.3) is 5.91 Å². The van der Waals surface area contributed by atoms with Gasteiger partial charge in [-0.25, -0.2) is 0 Å². The Morgan fingerprint density at radius 1 is 1.26 bits per heavy atom. The van der Waals surface area contributed by atoms with Crippen LogP contribution in [0.25, 0.3) is 0 Å². The first kappa shape index (κ1) is 17.5. The molecule has 4 nitrogen and oxygen atoms in total. The van der Waals surface area contributed by atoms with Crippen LogP contribution in [-0.4, -0.2) is 17.5 Å². The zero-order valence-electron chi connectivity index (χ0n) is 13.2. The van der Waals surface area contributed by atoms with Crippen molar-refractivity contribution in [2.45, 2.75) is 66.5 Å². The molecule has 0 saturated heterocycles. The largest absolute Gasteiger partial charge is 0.385 e. The molecule has 0 aliphatic carbocycles. The fraction of sp³-hybridized carbons (Fsp3) is 0.733. The Labute approximate surface area is 117 Å². The maximum absolute atomic E-state index is 11.7. The second-order valence-electron chi connectivity index (χ2n) is 7.06. The van der Waals surface area contributed by atoms with E-state index >= 15 is 0 Å². The molecule has 19 heavy (non-hydrogen) atoms. The number of nitrogens with zero attached hydrogens (tertiary/aromatic N) is 1. The van der Waals surface area contributed by atoms with E-state index in [0.717, 1.165) is 6.42 Å². The fourth-order valence-corrected chi connectivity index (χ4v) is 2.13. The maximum Gasteiger partial charge on any atom is 0.263 e. The molecular weight excluding hydrogens is 238 g/mol. The Morgan fingerprint density at radius 3 is 2.16 bits per heavy atom. The van der Waals surface area contributed by atoms with Crippen molar-refractivity contribution >= 4 is 5.91 Å². The highest BCUT2D eigenvalue weighted by atomic mass is 16.1. The van der Waals surface area contributed by atoms with Crippen molar-refractivity contribution in [1.82, 2.24) is 10.6 Å². The van der Waals surface area contributed by atoms with Gasteiger partial charge in [-0.3, -0.25) is 4.79 Å². The molecule has 0 aromatic heterocycles. The zero-order chi connectivity index (χ0) is 15.3. The molecule has 0 heterocycles. The van der Waals surface area contributed by atoms with E-state index in [2.05, 4.69) is 45.3 Å². The summed E-state index contributed by atoms with van der Waals surface area (Å²) in [5, 5.41) is 14.9. The number of rotatable bonds is 5. The number of carbonyl (C=O) groups is 1. The highest BCUT2D eigenvalue weighted by Crippen LogP contribution is 2.26. The molecule has 1 amide bonds. The van der Waals surface area contributed by atoms with E-state index in [-0.39, 0.29) is 28.5 Å². The van der Waals surface area contributed by atoms with Crippen LogP contribution in [0.15, 0.2) is 11.8 Å². The summed E-state index contributed by atoms with van der Waals surface area (Å²) in [5.74, 6) is -0.337. The maximum atomic E-state index is 11.7. The molecule has 2 N–H and O–H groups in total. The summed E-state index contributed by atoms with van der Waals surface area (Å²) < 4.78 is 0. The Morgan fingerprint density at radius 2 is 1.79 bits per heavy atom. The molecule has 0 fully saturated rings. The molecule has 0 saturated carbocycles. The highest BCUT2D eigenvalue weighted by Gasteiger charge is 2.24. The first-order valence-corrected chi connectivity index (χ1v) is 6.66. The Hall–Kier alpha value is -1.50. The van der Waals surface area contributed by atoms with Gasteiger partial charge in [-0.15, -0.1) is 0 Å². The van der Waals surface area contributed by atoms with Gasteiger partial charge in [0.1, 0.15) is 11.6 Å². The molecule has 0 unspecified atom stereocenters. The van der Waals surface area contributed by atoms with Crippen LogP contribution in [0.4, 0.5) is 0 Å². The van der Waals surface area contributed by atoms with E-state index in [9.17, 15) is 4.79 Å². The average Bonchev–Trinajstić information content (AvgIpc) is 2.12. The third-order valence-electron chi connectivity index (χ3n) is 2.36. The number of hydrogen-bond acceptors (Lipinski definition) is 3. The summed E-state index contributed by atoms with van der Waals surface area (Å²) >= 11 is 0. The van der Waals surface area contributed by atoms with Crippen LogP contribution >= 0.6 is 0 Å². The van der Waals surface area contributed by atoms with E-state index in [1.165, 1.54) is 6.20 Å². The lowest BCUT2D eigenvalue weighted by molar-refractivity contribution is -0.117. The Balaban J connectivity index is 4.75. The molecule has 0 radical (unpaired) electrons. The van der Waals surface area contributed by atoms with Gasteiger partial charge in [0.15, 0.2) is 0 Å². The summed E-state index contributed by atoms with van der Waals surface area (Å²) in [4.78, 5) is 11.7. The van der Waals surface area contributed by atoms with E-state index < -0.39 is 0 Å². The second-order valence-corrected chi connectivity index (χ2v) is 7.06. The second kappa shape index (κ2) is 6.60. The van der Waals surface area contributed by atoms with Gasteiger partial charge in [-0.1, -0.05) is 20.8 Å². The minimum Gasteiger partial charge on any atom is -0.385 e. The van der Waals surface area contributed by atoms with Crippen LogP contribution in [0.1, 0.15) is 54.9 Å². The van der Waals surface area contributed by atoms with Crippen molar-refractivity contribution in [2.24, 2.45) is 5.41 Å². The van der Waals surface area contributed by atoms with Crippen LogP contribution < -0.4 is 10.6 Å². The molecule has 0 aromatic rings. The van der Waals surface area contributed by atoms with Gasteiger partial charge in [-0.2, -0.15) is 5.26 Å². The molecule has 0 rings (SSSR count). The molecule has 0 aromatic carbocycles. The van der Waals surface area contributed by atoms with Crippen molar-refractivity contribution < 1.29 is 4.79 Å².